The van der Waals surface area contributed by atoms with Gasteiger partial charge in [0.05, 0.1) is 41.4 Å². The number of likely N-dealkylation sites (N-methyl/N-ethyl adjacent to an activating group) is 1. The number of aromatic nitrogens is 2. The Bertz CT molecular complexity index is 1540. The van der Waals surface area contributed by atoms with Crippen LogP contribution in [0.15, 0.2) is 53.9 Å². The number of para-hydroxylation sites is 1. The molecule has 6 rings (SSSR count). The van der Waals surface area contributed by atoms with Crippen molar-refractivity contribution in [3.05, 3.63) is 59.5 Å². The molecule has 0 unspecified atom stereocenters. The number of hydrogen-bond acceptors (Lipinski definition) is 11. The van der Waals surface area contributed by atoms with Gasteiger partial charge in [0.15, 0.2) is 5.82 Å². The molecule has 0 atom stereocenters. The van der Waals surface area contributed by atoms with Crippen LogP contribution < -0.4 is 20.3 Å². The number of hydrogen-bond donors (Lipinski definition) is 2. The number of nitrogens with zero attached hydrogens (tertiary/aromatic N) is 5. The monoisotopic (exact) mass is 587 g/mol. The van der Waals surface area contributed by atoms with Gasteiger partial charge in [-0.15, -0.1) is 11.3 Å². The number of nitrogens with one attached hydrogen (secondary N) is 2. The SMILES string of the molecule is COC(=O)c1ccccc1Nc1nc(Nc2ccc(N3CCC(N4CCN(C)CC4)CC3)cc2OC)nc2ccsc12. The molecular weight excluding hydrogens is 550 g/mol. The lowest BCUT2D eigenvalue weighted by Gasteiger charge is -2.42. The molecule has 4 aromatic rings. The number of piperidine rings is 1. The molecule has 0 amide bonds. The van der Waals surface area contributed by atoms with Crippen LogP contribution in [0.25, 0.3) is 10.2 Å². The molecule has 0 bridgehead atoms. The Morgan fingerprint density at radius 1 is 0.929 bits per heavy atom. The van der Waals surface area contributed by atoms with E-state index in [-0.39, 0.29) is 0 Å². The van der Waals surface area contributed by atoms with Gasteiger partial charge in [0, 0.05) is 57.1 Å². The van der Waals surface area contributed by atoms with Gasteiger partial charge < -0.3 is 29.9 Å². The van der Waals surface area contributed by atoms with E-state index in [9.17, 15) is 4.79 Å². The van der Waals surface area contributed by atoms with Gasteiger partial charge >= 0.3 is 5.97 Å². The molecule has 2 aliphatic heterocycles. The highest BCUT2D eigenvalue weighted by atomic mass is 32.1. The summed E-state index contributed by atoms with van der Waals surface area (Å²) in [5.41, 5.74) is 3.79. The topological polar surface area (TPSA) is 95.1 Å². The zero-order valence-electron chi connectivity index (χ0n) is 24.3. The number of rotatable bonds is 8. The van der Waals surface area contributed by atoms with Crippen LogP contribution in [-0.2, 0) is 4.74 Å². The summed E-state index contributed by atoms with van der Waals surface area (Å²) in [6, 6.07) is 16.1. The molecule has 0 radical (unpaired) electrons. The fourth-order valence-corrected chi connectivity index (χ4v) is 6.56. The van der Waals surface area contributed by atoms with E-state index in [1.165, 1.54) is 44.4 Å². The van der Waals surface area contributed by atoms with Crippen molar-refractivity contribution in [2.24, 2.45) is 0 Å². The van der Waals surface area contributed by atoms with Gasteiger partial charge in [0.25, 0.3) is 0 Å². The van der Waals surface area contributed by atoms with Crippen LogP contribution in [-0.4, -0.2) is 92.3 Å². The van der Waals surface area contributed by atoms with Crippen molar-refractivity contribution in [3.8, 4) is 5.75 Å². The standard InChI is InChI=1S/C31H37N7O3S/c1-36-15-17-38(18-16-36)21-10-13-37(14-11-21)22-8-9-25(27(20-22)40-2)33-31-34-26-12-19-42-28(26)29(35-31)32-24-7-5-4-6-23(24)30(39)41-3/h4-9,12,19-21H,10-11,13-18H2,1-3H3,(H2,32,33,34,35). The number of anilines is 5. The van der Waals surface area contributed by atoms with E-state index in [1.807, 2.05) is 29.6 Å². The van der Waals surface area contributed by atoms with Crippen LogP contribution in [0.1, 0.15) is 23.2 Å². The Morgan fingerprint density at radius 3 is 2.48 bits per heavy atom. The number of carbonyl (C=O) groups excluding carboxylic acids is 1. The van der Waals surface area contributed by atoms with Gasteiger partial charge in [0.2, 0.25) is 5.95 Å². The maximum absolute atomic E-state index is 12.3. The molecule has 0 aliphatic carbocycles. The molecule has 220 valence electrons. The Balaban J connectivity index is 1.19. The molecular formula is C31H37N7O3S. The summed E-state index contributed by atoms with van der Waals surface area (Å²) in [6.45, 7) is 6.73. The van der Waals surface area contributed by atoms with Crippen molar-refractivity contribution >= 4 is 56.4 Å². The van der Waals surface area contributed by atoms with E-state index in [4.69, 9.17) is 19.4 Å². The fraction of sp³-hybridized carbons (Fsp3) is 0.387. The van der Waals surface area contributed by atoms with Crippen molar-refractivity contribution < 1.29 is 14.3 Å². The number of thiophene rings is 1. The van der Waals surface area contributed by atoms with E-state index < -0.39 is 5.97 Å². The largest absolute Gasteiger partial charge is 0.494 e. The van der Waals surface area contributed by atoms with Crippen LogP contribution in [0.3, 0.4) is 0 Å². The van der Waals surface area contributed by atoms with E-state index in [1.54, 1.807) is 19.2 Å². The van der Waals surface area contributed by atoms with E-state index in [2.05, 4.69) is 44.5 Å². The van der Waals surface area contributed by atoms with Gasteiger partial charge in [-0.05, 0) is 55.6 Å². The molecule has 0 saturated carbocycles. The smallest absolute Gasteiger partial charge is 0.339 e. The fourth-order valence-electron chi connectivity index (χ4n) is 5.79. The molecule has 4 heterocycles. The summed E-state index contributed by atoms with van der Waals surface area (Å²) < 4.78 is 11.7. The van der Waals surface area contributed by atoms with E-state index in [0.717, 1.165) is 53.5 Å². The Hall–Kier alpha value is -3.93. The van der Waals surface area contributed by atoms with Crippen molar-refractivity contribution in [2.45, 2.75) is 18.9 Å². The summed E-state index contributed by atoms with van der Waals surface area (Å²) in [5, 5.41) is 8.66. The maximum atomic E-state index is 12.3. The third kappa shape index (κ3) is 5.99. The summed E-state index contributed by atoms with van der Waals surface area (Å²) >= 11 is 1.54. The Morgan fingerprint density at radius 2 is 1.71 bits per heavy atom. The van der Waals surface area contributed by atoms with Gasteiger partial charge in [-0.1, -0.05) is 12.1 Å². The first kappa shape index (κ1) is 28.2. The number of piperazine rings is 1. The maximum Gasteiger partial charge on any atom is 0.339 e. The third-order valence-corrected chi connectivity index (χ3v) is 9.11. The van der Waals surface area contributed by atoms with Gasteiger partial charge in [-0.25, -0.2) is 9.78 Å². The number of methoxy groups -OCH3 is 2. The molecule has 10 nitrogen and oxygen atoms in total. The Labute approximate surface area is 250 Å². The van der Waals surface area contributed by atoms with Crippen molar-refractivity contribution in [1.82, 2.24) is 19.8 Å². The number of ether oxygens (including phenoxy) is 2. The van der Waals surface area contributed by atoms with Crippen molar-refractivity contribution in [2.75, 3.05) is 76.1 Å². The van der Waals surface area contributed by atoms with Crippen LogP contribution in [0.2, 0.25) is 0 Å². The second-order valence-corrected chi connectivity index (χ2v) is 11.7. The second kappa shape index (κ2) is 12.5. The average molecular weight is 588 g/mol. The number of esters is 1. The van der Waals surface area contributed by atoms with Gasteiger partial charge in [-0.3, -0.25) is 4.90 Å². The quantitative estimate of drug-likeness (QED) is 0.268. The highest BCUT2D eigenvalue weighted by Gasteiger charge is 2.27. The third-order valence-electron chi connectivity index (χ3n) is 8.20. The first-order valence-electron chi connectivity index (χ1n) is 14.3. The van der Waals surface area contributed by atoms with Gasteiger partial charge in [-0.2, -0.15) is 4.98 Å². The summed E-state index contributed by atoms with van der Waals surface area (Å²) in [7, 11) is 5.27. The average Bonchev–Trinajstić information content (AvgIpc) is 3.51. The van der Waals surface area contributed by atoms with Crippen LogP contribution in [0.5, 0.6) is 5.75 Å². The lowest BCUT2D eigenvalue weighted by atomic mass is 10.0. The van der Waals surface area contributed by atoms with E-state index >= 15 is 0 Å². The van der Waals surface area contributed by atoms with Crippen LogP contribution in [0, 0.1) is 0 Å². The molecule has 2 aromatic carbocycles. The first-order valence-corrected chi connectivity index (χ1v) is 15.2. The first-order chi connectivity index (χ1) is 20.5. The highest BCUT2D eigenvalue weighted by molar-refractivity contribution is 7.17. The van der Waals surface area contributed by atoms with Crippen molar-refractivity contribution in [3.63, 3.8) is 0 Å². The number of carbonyl (C=O) groups is 1. The van der Waals surface area contributed by atoms with E-state index in [0.29, 0.717) is 29.1 Å². The molecule has 0 spiro atoms. The molecule has 2 N–H and O–H groups in total. The number of benzene rings is 2. The molecule has 2 aromatic heterocycles. The van der Waals surface area contributed by atoms with Crippen LogP contribution >= 0.6 is 11.3 Å². The molecule has 42 heavy (non-hydrogen) atoms. The lowest BCUT2D eigenvalue weighted by molar-refractivity contribution is 0.0602. The summed E-state index contributed by atoms with van der Waals surface area (Å²) in [6.07, 6.45) is 2.35. The zero-order valence-corrected chi connectivity index (χ0v) is 25.1. The number of fused-ring (bicyclic) bond motifs is 1. The lowest BCUT2D eigenvalue weighted by Crippen LogP contribution is -2.52. The summed E-state index contributed by atoms with van der Waals surface area (Å²) in [4.78, 5) is 29.4. The normalized spacial score (nSPS) is 16.9. The summed E-state index contributed by atoms with van der Waals surface area (Å²) in [5.74, 6) is 1.35. The minimum Gasteiger partial charge on any atom is -0.494 e. The molecule has 11 heteroatoms. The molecule has 2 aliphatic rings. The Kier molecular flexibility index (Phi) is 8.41. The van der Waals surface area contributed by atoms with Gasteiger partial charge in [0.1, 0.15) is 5.75 Å². The minimum atomic E-state index is -0.415. The van der Waals surface area contributed by atoms with Crippen molar-refractivity contribution in [1.29, 1.82) is 0 Å². The predicted octanol–water partition coefficient (Wildman–Crippen LogP) is 5.19. The molecule has 2 saturated heterocycles. The molecule has 2 fully saturated rings. The zero-order chi connectivity index (χ0) is 29.1. The van der Waals surface area contributed by atoms with Crippen LogP contribution in [0.4, 0.5) is 28.8 Å². The minimum absolute atomic E-state index is 0.415. The predicted molar refractivity (Wildman–Crippen MR) is 169 cm³/mol. The second-order valence-electron chi connectivity index (χ2n) is 10.8. The highest BCUT2D eigenvalue weighted by Crippen LogP contribution is 2.35.